The number of carboxylic acids is 3. The molecule has 12 nitrogen and oxygen atoms in total. The van der Waals surface area contributed by atoms with Crippen LogP contribution < -0.4 is 16.0 Å². The lowest BCUT2D eigenvalue weighted by Gasteiger charge is -2.19. The highest BCUT2D eigenvalue weighted by molar-refractivity contribution is 5.87. The summed E-state index contributed by atoms with van der Waals surface area (Å²) in [5.41, 5.74) is 0. The molecule has 0 saturated heterocycles. The van der Waals surface area contributed by atoms with E-state index in [1.54, 1.807) is 27.7 Å². The van der Waals surface area contributed by atoms with E-state index in [1.807, 2.05) is 0 Å². The molecule has 3 atom stereocenters. The molecule has 0 rings (SSSR count). The van der Waals surface area contributed by atoms with Crippen LogP contribution in [0, 0.1) is 5.92 Å². The zero-order chi connectivity index (χ0) is 25.7. The van der Waals surface area contributed by atoms with Crippen LogP contribution in [-0.4, -0.2) is 75.0 Å². The standard InChI is InChI=1S/C21H35N3O9/c1-11(2)16(25)8-5-14(20(30)31)23-18(27)10-7-15(21(32)33)24-17(26)9-6-13(19(28)29)22-12(3)4/h11-15,22H,5-10H2,1-4H3,(H,23,27)(H,24,26)(H,28,29)(H,30,31)(H,32,33)/t13-,14-,15-/m0/s1. The third-order valence-electron chi connectivity index (χ3n) is 4.74. The van der Waals surface area contributed by atoms with Crippen LogP contribution >= 0.6 is 0 Å². The Morgan fingerprint density at radius 3 is 1.30 bits per heavy atom. The number of rotatable bonds is 17. The first-order valence-corrected chi connectivity index (χ1v) is 10.8. The van der Waals surface area contributed by atoms with E-state index < -0.39 is 47.8 Å². The SMILES string of the molecule is CC(C)N[C@@H](CCC(=O)N[C@@H](CCC(=O)N[C@@H](CCC(=O)C(C)C)C(=O)O)C(=O)O)C(=O)O. The van der Waals surface area contributed by atoms with Gasteiger partial charge < -0.3 is 31.3 Å². The monoisotopic (exact) mass is 473 g/mol. The largest absolute Gasteiger partial charge is 0.480 e. The summed E-state index contributed by atoms with van der Waals surface area (Å²) in [4.78, 5) is 69.8. The molecular formula is C21H35N3O9. The number of hydrogen-bond acceptors (Lipinski definition) is 7. The third kappa shape index (κ3) is 13.2. The molecule has 0 aliphatic carbocycles. The lowest BCUT2D eigenvalue weighted by atomic mass is 10.0. The second-order valence-electron chi connectivity index (χ2n) is 8.37. The van der Waals surface area contributed by atoms with Crippen LogP contribution in [-0.2, 0) is 28.8 Å². The van der Waals surface area contributed by atoms with Gasteiger partial charge in [0.1, 0.15) is 23.9 Å². The molecule has 188 valence electrons. The van der Waals surface area contributed by atoms with Crippen LogP contribution in [0.3, 0.4) is 0 Å². The highest BCUT2D eigenvalue weighted by Crippen LogP contribution is 2.07. The molecule has 0 aliphatic rings. The molecule has 0 unspecified atom stereocenters. The quantitative estimate of drug-likeness (QED) is 0.169. The highest BCUT2D eigenvalue weighted by Gasteiger charge is 2.25. The summed E-state index contributed by atoms with van der Waals surface area (Å²) in [6.45, 7) is 6.86. The van der Waals surface area contributed by atoms with Crippen molar-refractivity contribution in [3.8, 4) is 0 Å². The van der Waals surface area contributed by atoms with Gasteiger partial charge in [-0.1, -0.05) is 27.7 Å². The lowest BCUT2D eigenvalue weighted by Crippen LogP contribution is -2.45. The van der Waals surface area contributed by atoms with Gasteiger partial charge in [-0.25, -0.2) is 9.59 Å². The van der Waals surface area contributed by atoms with Crippen molar-refractivity contribution in [1.29, 1.82) is 0 Å². The number of carboxylic acid groups (broad SMARTS) is 3. The molecule has 0 bridgehead atoms. The van der Waals surface area contributed by atoms with Gasteiger partial charge in [-0.15, -0.1) is 0 Å². The molecule has 2 amide bonds. The predicted molar refractivity (Wildman–Crippen MR) is 116 cm³/mol. The molecule has 0 aromatic heterocycles. The summed E-state index contributed by atoms with van der Waals surface area (Å²) < 4.78 is 0. The second-order valence-corrected chi connectivity index (χ2v) is 8.37. The van der Waals surface area contributed by atoms with E-state index >= 15 is 0 Å². The first kappa shape index (κ1) is 30.0. The molecule has 0 aromatic rings. The van der Waals surface area contributed by atoms with E-state index in [1.165, 1.54) is 0 Å². The predicted octanol–water partition coefficient (Wildman–Crippen LogP) is 0.142. The second kappa shape index (κ2) is 14.9. The zero-order valence-corrected chi connectivity index (χ0v) is 19.4. The minimum atomic E-state index is -1.41. The summed E-state index contributed by atoms with van der Waals surface area (Å²) in [5, 5.41) is 35.0. The van der Waals surface area contributed by atoms with Crippen molar-refractivity contribution in [2.75, 3.05) is 0 Å². The Kier molecular flexibility index (Phi) is 13.6. The van der Waals surface area contributed by atoms with E-state index in [4.69, 9.17) is 5.11 Å². The van der Waals surface area contributed by atoms with Gasteiger partial charge in [0.15, 0.2) is 0 Å². The summed E-state index contributed by atoms with van der Waals surface area (Å²) in [6.07, 6.45) is -1.07. The van der Waals surface area contributed by atoms with Gasteiger partial charge >= 0.3 is 17.9 Å². The fourth-order valence-corrected chi connectivity index (χ4v) is 2.85. The van der Waals surface area contributed by atoms with Crippen molar-refractivity contribution in [3.63, 3.8) is 0 Å². The number of hydrogen-bond donors (Lipinski definition) is 6. The van der Waals surface area contributed by atoms with Crippen LogP contribution in [0.4, 0.5) is 0 Å². The molecular weight excluding hydrogens is 438 g/mol. The van der Waals surface area contributed by atoms with Crippen molar-refractivity contribution in [1.82, 2.24) is 16.0 Å². The molecule has 0 fully saturated rings. The molecule has 12 heteroatoms. The van der Waals surface area contributed by atoms with Crippen LogP contribution in [0.2, 0.25) is 0 Å². The fraction of sp³-hybridized carbons (Fsp3) is 0.714. The van der Waals surface area contributed by atoms with Crippen LogP contribution in [0.1, 0.15) is 66.2 Å². The van der Waals surface area contributed by atoms with Crippen LogP contribution in [0.15, 0.2) is 0 Å². The number of aliphatic carboxylic acids is 3. The number of nitrogens with one attached hydrogen (secondary N) is 3. The van der Waals surface area contributed by atoms with Crippen LogP contribution in [0.5, 0.6) is 0 Å². The molecule has 0 spiro atoms. The van der Waals surface area contributed by atoms with Crippen molar-refractivity contribution >= 4 is 35.5 Å². The third-order valence-corrected chi connectivity index (χ3v) is 4.74. The van der Waals surface area contributed by atoms with Gasteiger partial charge in [0.05, 0.1) is 0 Å². The first-order chi connectivity index (χ1) is 15.2. The molecule has 0 aliphatic heterocycles. The van der Waals surface area contributed by atoms with E-state index in [9.17, 15) is 39.0 Å². The summed E-state index contributed by atoms with van der Waals surface area (Å²) >= 11 is 0. The molecule has 0 radical (unpaired) electrons. The molecule has 0 heterocycles. The van der Waals surface area contributed by atoms with Crippen LogP contribution in [0.25, 0.3) is 0 Å². The first-order valence-electron chi connectivity index (χ1n) is 10.8. The Balaban J connectivity index is 4.73. The minimum Gasteiger partial charge on any atom is -0.480 e. The summed E-state index contributed by atoms with van der Waals surface area (Å²) in [5.74, 6) is -5.65. The van der Waals surface area contributed by atoms with Crippen molar-refractivity contribution < 1.29 is 44.1 Å². The molecule has 6 N–H and O–H groups in total. The minimum absolute atomic E-state index is 0.0221. The maximum absolute atomic E-state index is 12.1. The van der Waals surface area contributed by atoms with Crippen molar-refractivity contribution in [2.45, 2.75) is 90.4 Å². The molecule has 33 heavy (non-hydrogen) atoms. The Morgan fingerprint density at radius 2 is 0.970 bits per heavy atom. The zero-order valence-electron chi connectivity index (χ0n) is 19.4. The van der Waals surface area contributed by atoms with E-state index in [2.05, 4.69) is 16.0 Å². The Hall–Kier alpha value is -3.02. The van der Waals surface area contributed by atoms with Gasteiger partial charge in [0.2, 0.25) is 11.8 Å². The highest BCUT2D eigenvalue weighted by atomic mass is 16.4. The summed E-state index contributed by atoms with van der Waals surface area (Å²) in [6, 6.07) is -3.80. The van der Waals surface area contributed by atoms with Gasteiger partial charge in [-0.05, 0) is 19.3 Å². The Morgan fingerprint density at radius 1 is 0.606 bits per heavy atom. The average Bonchev–Trinajstić information content (AvgIpc) is 2.69. The van der Waals surface area contributed by atoms with E-state index in [0.29, 0.717) is 0 Å². The number of amides is 2. The Labute approximate surface area is 192 Å². The van der Waals surface area contributed by atoms with Crippen molar-refractivity contribution in [3.05, 3.63) is 0 Å². The topological polar surface area (TPSA) is 199 Å². The fourth-order valence-electron chi connectivity index (χ4n) is 2.85. The normalized spacial score (nSPS) is 13.8. The number of ketones is 1. The van der Waals surface area contributed by atoms with E-state index in [0.717, 1.165) is 0 Å². The van der Waals surface area contributed by atoms with Gasteiger partial charge in [-0.2, -0.15) is 0 Å². The summed E-state index contributed by atoms with van der Waals surface area (Å²) in [7, 11) is 0. The lowest BCUT2D eigenvalue weighted by molar-refractivity contribution is -0.143. The van der Waals surface area contributed by atoms with Gasteiger partial charge in [-0.3, -0.25) is 19.2 Å². The number of Topliss-reactive ketones (excluding diaryl/α,β-unsaturated/α-hetero) is 1. The maximum atomic E-state index is 12.1. The molecule has 0 aromatic carbocycles. The molecule has 0 saturated carbocycles. The Bertz CT molecular complexity index is 722. The number of carbonyl (C=O) groups is 6. The smallest absolute Gasteiger partial charge is 0.326 e. The maximum Gasteiger partial charge on any atom is 0.326 e. The van der Waals surface area contributed by atoms with E-state index in [-0.39, 0.29) is 56.3 Å². The van der Waals surface area contributed by atoms with Gasteiger partial charge in [0.25, 0.3) is 0 Å². The average molecular weight is 474 g/mol. The van der Waals surface area contributed by atoms with Gasteiger partial charge in [0, 0.05) is 31.2 Å². The number of carbonyl (C=O) groups excluding carboxylic acids is 3. The van der Waals surface area contributed by atoms with Crippen molar-refractivity contribution in [2.24, 2.45) is 5.92 Å².